The molecule has 90 valence electrons. The van der Waals surface area contributed by atoms with Crippen molar-refractivity contribution in [3.05, 3.63) is 46.8 Å². The zero-order valence-electron chi connectivity index (χ0n) is 8.97. The van der Waals surface area contributed by atoms with Crippen LogP contribution in [0.25, 0.3) is 0 Å². The van der Waals surface area contributed by atoms with Crippen molar-refractivity contribution in [1.29, 1.82) is 0 Å². The Kier molecular flexibility index (Phi) is 3.71. The highest BCUT2D eigenvalue weighted by atomic mass is 79.9. The maximum Gasteiger partial charge on any atom is 0.169 e. The third kappa shape index (κ3) is 3.25. The van der Waals surface area contributed by atoms with E-state index in [1.54, 1.807) is 30.3 Å². The highest BCUT2D eigenvalue weighted by Crippen LogP contribution is 2.21. The largest absolute Gasteiger partial charge is 0.508 e. The standard InChI is InChI=1S/C12H12BrNO3/c13-12-5-4-11(17-12)10(14)7-16-9-3-1-2-8(15)6-9/h1-6,10,15H,7,14H2. The number of phenolic OH excluding ortho intramolecular Hbond substituents is 1. The molecule has 1 atom stereocenters. The Morgan fingerprint density at radius 1 is 1.35 bits per heavy atom. The first-order valence-corrected chi connectivity index (χ1v) is 5.87. The first kappa shape index (κ1) is 12.0. The van der Waals surface area contributed by atoms with Crippen molar-refractivity contribution >= 4 is 15.9 Å². The van der Waals surface area contributed by atoms with Crippen molar-refractivity contribution in [3.8, 4) is 11.5 Å². The summed E-state index contributed by atoms with van der Waals surface area (Å²) in [4.78, 5) is 0. The molecule has 5 heteroatoms. The van der Waals surface area contributed by atoms with Gasteiger partial charge in [-0.25, -0.2) is 0 Å². The van der Waals surface area contributed by atoms with E-state index in [-0.39, 0.29) is 18.4 Å². The molecule has 0 saturated carbocycles. The molecule has 0 amide bonds. The third-order valence-electron chi connectivity index (χ3n) is 2.21. The highest BCUT2D eigenvalue weighted by molar-refractivity contribution is 9.10. The van der Waals surface area contributed by atoms with E-state index < -0.39 is 0 Å². The first-order valence-electron chi connectivity index (χ1n) is 5.08. The molecule has 3 N–H and O–H groups in total. The number of aromatic hydroxyl groups is 1. The lowest BCUT2D eigenvalue weighted by Gasteiger charge is -2.11. The van der Waals surface area contributed by atoms with Gasteiger partial charge in [0, 0.05) is 6.07 Å². The predicted molar refractivity (Wildman–Crippen MR) is 66.9 cm³/mol. The minimum atomic E-state index is -0.344. The zero-order chi connectivity index (χ0) is 12.3. The monoisotopic (exact) mass is 297 g/mol. The van der Waals surface area contributed by atoms with Crippen LogP contribution in [0, 0.1) is 0 Å². The summed E-state index contributed by atoms with van der Waals surface area (Å²) in [5, 5.41) is 9.26. The van der Waals surface area contributed by atoms with Crippen molar-refractivity contribution in [3.63, 3.8) is 0 Å². The quantitative estimate of drug-likeness (QED) is 0.910. The van der Waals surface area contributed by atoms with Crippen molar-refractivity contribution < 1.29 is 14.3 Å². The van der Waals surface area contributed by atoms with E-state index in [1.807, 2.05) is 0 Å². The summed E-state index contributed by atoms with van der Waals surface area (Å²) < 4.78 is 11.4. The minimum absolute atomic E-state index is 0.164. The molecule has 4 nitrogen and oxygen atoms in total. The molecule has 0 radical (unpaired) electrons. The summed E-state index contributed by atoms with van der Waals surface area (Å²) >= 11 is 3.21. The Balaban J connectivity index is 1.94. The van der Waals surface area contributed by atoms with Gasteiger partial charge in [0.2, 0.25) is 0 Å². The van der Waals surface area contributed by atoms with Crippen LogP contribution in [0.15, 0.2) is 45.5 Å². The smallest absolute Gasteiger partial charge is 0.169 e. The Labute approximate surface area is 107 Å². The van der Waals surface area contributed by atoms with Crippen molar-refractivity contribution in [2.75, 3.05) is 6.61 Å². The fraction of sp³-hybridized carbons (Fsp3) is 0.167. The van der Waals surface area contributed by atoms with Crippen LogP contribution in [0.1, 0.15) is 11.8 Å². The number of furan rings is 1. The van der Waals surface area contributed by atoms with E-state index in [1.165, 1.54) is 6.07 Å². The number of ether oxygens (including phenoxy) is 1. The van der Waals surface area contributed by atoms with Gasteiger partial charge < -0.3 is 20.0 Å². The molecule has 1 unspecified atom stereocenters. The summed E-state index contributed by atoms with van der Waals surface area (Å²) in [6, 6.07) is 9.80. The minimum Gasteiger partial charge on any atom is -0.508 e. The Hall–Kier alpha value is -1.46. The topological polar surface area (TPSA) is 68.6 Å². The lowest BCUT2D eigenvalue weighted by Crippen LogP contribution is -2.18. The van der Waals surface area contributed by atoms with Gasteiger partial charge >= 0.3 is 0 Å². The van der Waals surface area contributed by atoms with Crippen LogP contribution in [-0.2, 0) is 0 Å². The molecule has 0 aliphatic rings. The van der Waals surface area contributed by atoms with Gasteiger partial charge in [-0.05, 0) is 40.2 Å². The van der Waals surface area contributed by atoms with Crippen LogP contribution in [0.3, 0.4) is 0 Å². The molecule has 1 aromatic heterocycles. The number of halogens is 1. The maximum absolute atomic E-state index is 9.26. The molecule has 0 fully saturated rings. The summed E-state index contributed by atoms with van der Waals surface area (Å²) in [6.45, 7) is 0.281. The third-order valence-corrected chi connectivity index (χ3v) is 2.63. The number of hydrogen-bond acceptors (Lipinski definition) is 4. The van der Waals surface area contributed by atoms with E-state index in [4.69, 9.17) is 14.9 Å². The van der Waals surface area contributed by atoms with Gasteiger partial charge in [0.1, 0.15) is 23.9 Å². The maximum atomic E-state index is 9.26. The number of phenols is 1. The van der Waals surface area contributed by atoms with Gasteiger partial charge in [-0.3, -0.25) is 0 Å². The molecule has 2 rings (SSSR count). The van der Waals surface area contributed by atoms with Gasteiger partial charge in [-0.2, -0.15) is 0 Å². The molecule has 0 saturated heterocycles. The average molecular weight is 298 g/mol. The van der Waals surface area contributed by atoms with Crippen LogP contribution in [0.4, 0.5) is 0 Å². The average Bonchev–Trinajstić information content (AvgIpc) is 2.73. The summed E-state index contributed by atoms with van der Waals surface area (Å²) in [7, 11) is 0. The van der Waals surface area contributed by atoms with Crippen LogP contribution in [0.5, 0.6) is 11.5 Å². The Morgan fingerprint density at radius 3 is 2.82 bits per heavy atom. The second-order valence-corrected chi connectivity index (χ2v) is 4.34. The van der Waals surface area contributed by atoms with E-state index >= 15 is 0 Å². The lowest BCUT2D eigenvalue weighted by atomic mass is 10.2. The molecule has 17 heavy (non-hydrogen) atoms. The van der Waals surface area contributed by atoms with Gasteiger partial charge in [0.25, 0.3) is 0 Å². The lowest BCUT2D eigenvalue weighted by molar-refractivity contribution is 0.270. The highest BCUT2D eigenvalue weighted by Gasteiger charge is 2.11. The normalized spacial score (nSPS) is 12.4. The SMILES string of the molecule is NC(COc1cccc(O)c1)c1ccc(Br)o1. The number of rotatable bonds is 4. The second-order valence-electron chi connectivity index (χ2n) is 3.56. The van der Waals surface area contributed by atoms with Crippen LogP contribution >= 0.6 is 15.9 Å². The summed E-state index contributed by atoms with van der Waals surface area (Å²) in [5.41, 5.74) is 5.89. The van der Waals surface area contributed by atoms with Crippen LogP contribution < -0.4 is 10.5 Å². The molecule has 1 heterocycles. The van der Waals surface area contributed by atoms with E-state index in [0.29, 0.717) is 16.2 Å². The van der Waals surface area contributed by atoms with Crippen molar-refractivity contribution in [2.24, 2.45) is 5.73 Å². The molecule has 0 aliphatic heterocycles. The van der Waals surface area contributed by atoms with Crippen LogP contribution in [0.2, 0.25) is 0 Å². The van der Waals surface area contributed by atoms with Crippen molar-refractivity contribution in [2.45, 2.75) is 6.04 Å². The van der Waals surface area contributed by atoms with Gasteiger partial charge in [0.15, 0.2) is 4.67 Å². The summed E-state index contributed by atoms with van der Waals surface area (Å²) in [5.74, 6) is 1.39. The zero-order valence-corrected chi connectivity index (χ0v) is 10.6. The predicted octanol–water partition coefficient (Wildman–Crippen LogP) is 2.83. The fourth-order valence-electron chi connectivity index (χ4n) is 1.37. The molecular formula is C12H12BrNO3. The number of nitrogens with two attached hydrogens (primary N) is 1. The van der Waals surface area contributed by atoms with E-state index in [2.05, 4.69) is 15.9 Å². The number of hydrogen-bond donors (Lipinski definition) is 2. The van der Waals surface area contributed by atoms with Gasteiger partial charge in [0.05, 0.1) is 6.04 Å². The molecule has 1 aromatic carbocycles. The molecule has 0 aliphatic carbocycles. The van der Waals surface area contributed by atoms with Gasteiger partial charge in [-0.1, -0.05) is 6.07 Å². The van der Waals surface area contributed by atoms with Crippen LogP contribution in [-0.4, -0.2) is 11.7 Å². The number of benzene rings is 1. The first-order chi connectivity index (χ1) is 8.15. The molecule has 0 bridgehead atoms. The molecule has 2 aromatic rings. The van der Waals surface area contributed by atoms with Gasteiger partial charge in [-0.15, -0.1) is 0 Å². The fourth-order valence-corrected chi connectivity index (χ4v) is 1.69. The Morgan fingerprint density at radius 2 is 2.18 bits per heavy atom. The van der Waals surface area contributed by atoms with E-state index in [9.17, 15) is 5.11 Å². The van der Waals surface area contributed by atoms with E-state index in [0.717, 1.165) is 0 Å². The molecule has 0 spiro atoms. The van der Waals surface area contributed by atoms with Crippen molar-refractivity contribution in [1.82, 2.24) is 0 Å². The molecular weight excluding hydrogens is 286 g/mol. The summed E-state index contributed by atoms with van der Waals surface area (Å²) in [6.07, 6.45) is 0. The Bertz CT molecular complexity index is 498. The second kappa shape index (κ2) is 5.25.